The molecule has 8 heterocycles. The van der Waals surface area contributed by atoms with Crippen molar-refractivity contribution in [3.63, 3.8) is 0 Å². The Morgan fingerprint density at radius 1 is 0.226 bits per heavy atom. The minimum Gasteiger partial charge on any atom is -0.412 e. The van der Waals surface area contributed by atoms with Crippen LogP contribution in [-0.4, -0.2) is 68.1 Å². The van der Waals surface area contributed by atoms with Crippen molar-refractivity contribution < 1.29 is 150 Å². The van der Waals surface area contributed by atoms with Gasteiger partial charge in [0.2, 0.25) is 0 Å². The van der Waals surface area contributed by atoms with Crippen LogP contribution in [0, 0.1) is 90.6 Å². The molecule has 0 aliphatic rings. The number of halogens is 12. The largest absolute Gasteiger partial charge is 1.00 e. The maximum atomic E-state index is 9.88. The summed E-state index contributed by atoms with van der Waals surface area (Å²) in [4.78, 5) is 29.9. The van der Waals surface area contributed by atoms with Gasteiger partial charge in [0.1, 0.15) is 48.6 Å². The van der Waals surface area contributed by atoms with Crippen molar-refractivity contribution in [3.8, 4) is 48.6 Å². The van der Waals surface area contributed by atoms with Crippen molar-refractivity contribution in [2.45, 2.75) is 0 Å². The van der Waals surface area contributed by atoms with Gasteiger partial charge in [0.25, 0.3) is 0 Å². The molecule has 0 unspecified atom stereocenters. The van der Waals surface area contributed by atoms with Gasteiger partial charge in [0, 0.05) is 99.1 Å². The molecule has 18 nitrogen and oxygen atoms in total. The number of aromatic nitrogens is 8. The Kier molecular flexibility index (Phi) is 50.5. The maximum Gasteiger partial charge on any atom is 1.00 e. The first kappa shape index (κ1) is 92.1. The Morgan fingerprint density at radius 2 is 0.310 bits per heavy atom. The van der Waals surface area contributed by atoms with Crippen LogP contribution in [0.3, 0.4) is 0 Å². The molecule has 0 atom stereocenters. The van der Waals surface area contributed by atoms with Gasteiger partial charge in [0.15, 0.2) is 0 Å². The van der Waals surface area contributed by atoms with Crippen LogP contribution in [0.2, 0.25) is 0 Å². The third-order valence-corrected chi connectivity index (χ3v) is 6.33. The molecule has 0 radical (unpaired) electrons. The van der Waals surface area contributed by atoms with Crippen molar-refractivity contribution in [3.05, 3.63) is 241 Å². The van der Waals surface area contributed by atoms with Gasteiger partial charge in [-0.2, -0.15) is 42.1 Å². The third kappa shape index (κ3) is 75.7. The number of nitriles is 8. The van der Waals surface area contributed by atoms with E-state index < -0.39 is 17.3 Å². The molecule has 0 aliphatic carbocycles. The average molecular weight is 1580 g/mol. The van der Waals surface area contributed by atoms with Gasteiger partial charge in [-0.05, 0) is 97.1 Å². The van der Waals surface area contributed by atoms with E-state index in [0.29, 0.717) is 44.5 Å². The quantitative estimate of drug-likeness (QED) is 0.0773. The predicted molar refractivity (Wildman–Crippen MR) is 264 cm³/mol. The zero-order valence-electron chi connectivity index (χ0n) is 41.4. The van der Waals surface area contributed by atoms with Gasteiger partial charge in [0.05, 0.1) is 44.5 Å². The molecular weight excluding hydrogens is 1550 g/mol. The summed E-state index contributed by atoms with van der Waals surface area (Å²) in [5.74, 6) is 0. The molecule has 0 fully saturated rings. The second-order valence-electron chi connectivity index (χ2n) is 13.0. The molecular formula is C48H36Ag4F12N16O2Si2. The predicted octanol–water partition coefficient (Wildman–Crippen LogP) is 10.2. The summed E-state index contributed by atoms with van der Waals surface area (Å²) in [6.45, 7) is 0. The van der Waals surface area contributed by atoms with Crippen LogP contribution >= 0.6 is 0 Å². The summed E-state index contributed by atoms with van der Waals surface area (Å²) in [7, 11) is -21.7. The molecule has 84 heavy (non-hydrogen) atoms. The Balaban J connectivity index is -0.000000126. The second-order valence-corrected chi connectivity index (χ2v) is 17.3. The zero-order valence-corrected chi connectivity index (χ0v) is 49.3. The van der Waals surface area contributed by atoms with Gasteiger partial charge in [-0.25, -0.2) is 0 Å². The molecule has 8 rings (SSSR count). The van der Waals surface area contributed by atoms with Crippen LogP contribution < -0.4 is 0 Å². The molecule has 0 amide bonds. The van der Waals surface area contributed by atoms with Crippen molar-refractivity contribution in [1.82, 2.24) is 39.9 Å². The first-order chi connectivity index (χ1) is 36.4. The van der Waals surface area contributed by atoms with Crippen molar-refractivity contribution >= 4 is 17.3 Å². The van der Waals surface area contributed by atoms with Crippen LogP contribution in [0.25, 0.3) is 0 Å². The van der Waals surface area contributed by atoms with Crippen molar-refractivity contribution in [2.24, 2.45) is 0 Å². The maximum absolute atomic E-state index is 10.8. The number of pyridine rings is 8. The van der Waals surface area contributed by atoms with Crippen molar-refractivity contribution in [2.75, 3.05) is 0 Å². The molecule has 4 N–H and O–H groups in total. The third-order valence-electron chi connectivity index (χ3n) is 6.33. The molecule has 0 saturated carbocycles. The van der Waals surface area contributed by atoms with E-state index in [1.54, 1.807) is 147 Å². The number of rotatable bonds is 0. The molecule has 456 valence electrons. The number of nitrogens with zero attached hydrogens (tertiary/aromatic N) is 16. The van der Waals surface area contributed by atoms with Crippen LogP contribution in [0.4, 0.5) is 49.3 Å². The van der Waals surface area contributed by atoms with Crippen LogP contribution in [0.15, 0.2) is 196 Å². The van der Waals surface area contributed by atoms with Crippen molar-refractivity contribution in [1.29, 1.82) is 42.1 Å². The summed E-state index contributed by atoms with van der Waals surface area (Å²) in [6, 6.07) is 43.3. The van der Waals surface area contributed by atoms with E-state index in [9.17, 15) is 49.3 Å². The normalized spacial score (nSPS) is 9.86. The van der Waals surface area contributed by atoms with E-state index in [0.717, 1.165) is 0 Å². The number of hydrogen-bond donors (Lipinski definition) is 0. The minimum absolute atomic E-state index is 0. The molecule has 36 heteroatoms. The van der Waals surface area contributed by atoms with Gasteiger partial charge >= 0.3 is 156 Å². The monoisotopic (exact) mass is 1580 g/mol. The fraction of sp³-hybridized carbons (Fsp3) is 0. The van der Waals surface area contributed by atoms with Crippen LogP contribution in [0.1, 0.15) is 44.5 Å². The van der Waals surface area contributed by atoms with Gasteiger partial charge < -0.3 is 11.0 Å². The second kappa shape index (κ2) is 46.1. The average Bonchev–Trinajstić information content (AvgIpc) is 3.44. The minimum atomic E-state index is -10.8. The van der Waals surface area contributed by atoms with E-state index >= 15 is 0 Å². The first-order valence-electron chi connectivity index (χ1n) is 20.1. The van der Waals surface area contributed by atoms with E-state index in [-0.39, 0.29) is 100 Å². The Hall–Kier alpha value is -8.41. The first-order valence-corrected chi connectivity index (χ1v) is 24.7. The summed E-state index contributed by atoms with van der Waals surface area (Å²) in [6.07, 6.45) is 25.3. The van der Waals surface area contributed by atoms with E-state index in [2.05, 4.69) is 39.9 Å². The van der Waals surface area contributed by atoms with Crippen LogP contribution in [-0.2, 0) is 89.5 Å². The SMILES string of the molecule is F[Si-2](F)(F)(F)(F)F.F[Si-2](F)(F)(F)(F)F.N#Cc1cccnc1.N#Cc1cccnc1.N#Cc1cccnc1.N#Cc1cccnc1.N#Cc1cccnc1.N#Cc1cccnc1.N#Cc1cccnc1.N#Cc1cccnc1.O.O.[Ag+].[Ag+].[Ag+].[Ag+]. The topological polar surface area (TPSA) is 356 Å². The van der Waals surface area contributed by atoms with Crippen LogP contribution in [0.5, 0.6) is 0 Å². The van der Waals surface area contributed by atoms with E-state index in [1.807, 2.05) is 48.6 Å². The molecule has 0 aliphatic heterocycles. The molecule has 0 saturated heterocycles. The Labute approximate surface area is 534 Å². The molecule has 0 aromatic carbocycles. The van der Waals surface area contributed by atoms with Gasteiger partial charge in [-0.15, -0.1) is 0 Å². The summed E-state index contributed by atoms with van der Waals surface area (Å²) in [5.41, 5.74) is 4.83. The van der Waals surface area contributed by atoms with E-state index in [4.69, 9.17) is 42.1 Å². The van der Waals surface area contributed by atoms with E-state index in [1.165, 1.54) is 49.6 Å². The standard InChI is InChI=1S/8C6H4N2.4Ag.2F6Si.2H2O/c8*7-4-6-2-1-3-8-5-6;;;;;2*1-7(2,3,4,5)6;;/h8*1-3,5H;;;;;;;2*1H2/q;;;;;;;;4*+1;2*-2;;. The van der Waals surface area contributed by atoms with Gasteiger partial charge in [-0.1, -0.05) is 0 Å². The Bertz CT molecular complexity index is 2680. The summed E-state index contributed by atoms with van der Waals surface area (Å²) < 4.78 is 119. The fourth-order valence-corrected chi connectivity index (χ4v) is 3.43. The molecule has 8 aromatic rings. The summed E-state index contributed by atoms with van der Waals surface area (Å²) in [5, 5.41) is 66.0. The fourth-order valence-electron chi connectivity index (χ4n) is 3.43. The van der Waals surface area contributed by atoms with Gasteiger partial charge in [-0.3, -0.25) is 39.9 Å². The Morgan fingerprint density at radius 3 is 0.345 bits per heavy atom. The zero-order chi connectivity index (χ0) is 59.4. The molecule has 8 aromatic heterocycles. The smallest absolute Gasteiger partial charge is 0.412 e. The number of hydrogen-bond acceptors (Lipinski definition) is 16. The molecule has 0 bridgehead atoms. The summed E-state index contributed by atoms with van der Waals surface area (Å²) >= 11 is 0. The molecule has 0 spiro atoms.